The molecule has 3 nitrogen and oxygen atoms in total. The molecule has 4 heteroatoms. The van der Waals surface area contributed by atoms with Crippen LogP contribution in [0.25, 0.3) is 0 Å². The van der Waals surface area contributed by atoms with Crippen LogP contribution < -0.4 is 5.32 Å². The Hall–Kier alpha value is -1.68. The fraction of sp³-hybridized carbons (Fsp3) is 0.312. The average Bonchev–Trinajstić information content (AvgIpc) is 2.73. The largest absolute Gasteiger partial charge is 0.349 e. The van der Waals surface area contributed by atoms with Crippen LogP contribution in [0.15, 0.2) is 35.2 Å². The SMILES string of the molecule is CCn1c(C)cc(C(=O)Nc2cccc(SC)c2)c1C. The molecule has 0 bridgehead atoms. The van der Waals surface area contributed by atoms with Crippen molar-refractivity contribution in [3.63, 3.8) is 0 Å². The molecule has 1 aromatic carbocycles. The van der Waals surface area contributed by atoms with Gasteiger partial charge in [0.2, 0.25) is 0 Å². The Morgan fingerprint density at radius 1 is 1.30 bits per heavy atom. The van der Waals surface area contributed by atoms with E-state index in [-0.39, 0.29) is 5.91 Å². The van der Waals surface area contributed by atoms with Gasteiger partial charge in [-0.25, -0.2) is 0 Å². The highest BCUT2D eigenvalue weighted by Crippen LogP contribution is 2.21. The molecule has 20 heavy (non-hydrogen) atoms. The normalized spacial score (nSPS) is 10.6. The number of aromatic nitrogens is 1. The van der Waals surface area contributed by atoms with Crippen LogP contribution in [-0.2, 0) is 6.54 Å². The van der Waals surface area contributed by atoms with Crippen LogP contribution in [0.2, 0.25) is 0 Å². The van der Waals surface area contributed by atoms with Gasteiger partial charge >= 0.3 is 0 Å². The minimum absolute atomic E-state index is 0.0453. The summed E-state index contributed by atoms with van der Waals surface area (Å²) in [7, 11) is 0. The first kappa shape index (κ1) is 14.7. The highest BCUT2D eigenvalue weighted by atomic mass is 32.2. The lowest BCUT2D eigenvalue weighted by atomic mass is 10.2. The van der Waals surface area contributed by atoms with Crippen molar-refractivity contribution < 1.29 is 4.79 Å². The van der Waals surface area contributed by atoms with E-state index in [1.165, 1.54) is 0 Å². The molecule has 2 rings (SSSR count). The molecular weight excluding hydrogens is 268 g/mol. The highest BCUT2D eigenvalue weighted by Gasteiger charge is 2.15. The molecule has 1 heterocycles. The monoisotopic (exact) mass is 288 g/mol. The van der Waals surface area contributed by atoms with E-state index in [1.54, 1.807) is 11.8 Å². The number of rotatable bonds is 4. The number of carbonyl (C=O) groups is 1. The predicted octanol–water partition coefficient (Wildman–Crippen LogP) is 4.10. The summed E-state index contributed by atoms with van der Waals surface area (Å²) in [6, 6.07) is 9.84. The number of benzene rings is 1. The molecule has 106 valence electrons. The number of aryl methyl sites for hydroxylation is 1. The first-order chi connectivity index (χ1) is 9.56. The number of hydrogen-bond donors (Lipinski definition) is 1. The van der Waals surface area contributed by atoms with E-state index in [0.29, 0.717) is 0 Å². The predicted molar refractivity (Wildman–Crippen MR) is 85.8 cm³/mol. The van der Waals surface area contributed by atoms with E-state index in [4.69, 9.17) is 0 Å². The number of nitrogens with one attached hydrogen (secondary N) is 1. The molecule has 0 spiro atoms. The van der Waals surface area contributed by atoms with Gasteiger partial charge in [-0.2, -0.15) is 0 Å². The van der Waals surface area contributed by atoms with E-state index in [2.05, 4.69) is 16.8 Å². The van der Waals surface area contributed by atoms with Gasteiger partial charge in [0.15, 0.2) is 0 Å². The fourth-order valence-corrected chi connectivity index (χ4v) is 2.88. The molecule has 2 aromatic rings. The third kappa shape index (κ3) is 2.90. The Balaban J connectivity index is 2.24. The third-order valence-electron chi connectivity index (χ3n) is 3.46. The molecule has 0 unspecified atom stereocenters. The van der Waals surface area contributed by atoms with Crippen LogP contribution >= 0.6 is 11.8 Å². The van der Waals surface area contributed by atoms with E-state index in [9.17, 15) is 4.79 Å². The summed E-state index contributed by atoms with van der Waals surface area (Å²) in [5.74, 6) is -0.0453. The number of nitrogens with zero attached hydrogens (tertiary/aromatic N) is 1. The smallest absolute Gasteiger partial charge is 0.257 e. The Kier molecular flexibility index (Phi) is 4.55. The fourth-order valence-electron chi connectivity index (χ4n) is 2.42. The summed E-state index contributed by atoms with van der Waals surface area (Å²) < 4.78 is 2.15. The minimum Gasteiger partial charge on any atom is -0.349 e. The Morgan fingerprint density at radius 2 is 2.05 bits per heavy atom. The maximum Gasteiger partial charge on any atom is 0.257 e. The molecule has 0 aliphatic heterocycles. The molecule has 1 aromatic heterocycles. The summed E-state index contributed by atoms with van der Waals surface area (Å²) in [5, 5.41) is 2.97. The Bertz CT molecular complexity index is 631. The maximum absolute atomic E-state index is 12.4. The van der Waals surface area contributed by atoms with Crippen molar-refractivity contribution in [2.45, 2.75) is 32.2 Å². The van der Waals surface area contributed by atoms with Gasteiger partial charge in [-0.1, -0.05) is 6.07 Å². The van der Waals surface area contributed by atoms with Gasteiger partial charge in [0, 0.05) is 28.5 Å². The van der Waals surface area contributed by atoms with Crippen molar-refractivity contribution in [2.75, 3.05) is 11.6 Å². The summed E-state index contributed by atoms with van der Waals surface area (Å²) in [6.07, 6.45) is 2.02. The molecule has 0 saturated carbocycles. The summed E-state index contributed by atoms with van der Waals surface area (Å²) in [6.45, 7) is 6.99. The summed E-state index contributed by atoms with van der Waals surface area (Å²) >= 11 is 1.66. The van der Waals surface area contributed by atoms with Gasteiger partial charge in [-0.15, -0.1) is 11.8 Å². The number of amides is 1. The van der Waals surface area contributed by atoms with E-state index < -0.39 is 0 Å². The Labute approximate surface area is 124 Å². The van der Waals surface area contributed by atoms with Crippen LogP contribution in [0.5, 0.6) is 0 Å². The van der Waals surface area contributed by atoms with Crippen molar-refractivity contribution in [1.29, 1.82) is 0 Å². The van der Waals surface area contributed by atoms with Crippen molar-refractivity contribution >= 4 is 23.4 Å². The average molecular weight is 288 g/mol. The van der Waals surface area contributed by atoms with Gasteiger partial charge in [0.05, 0.1) is 5.56 Å². The summed E-state index contributed by atoms with van der Waals surface area (Å²) in [5.41, 5.74) is 3.72. The van der Waals surface area contributed by atoms with Crippen molar-refractivity contribution in [1.82, 2.24) is 4.57 Å². The zero-order chi connectivity index (χ0) is 14.7. The van der Waals surface area contributed by atoms with Crippen LogP contribution in [0.1, 0.15) is 28.7 Å². The third-order valence-corrected chi connectivity index (χ3v) is 4.19. The van der Waals surface area contributed by atoms with Crippen LogP contribution in [0.3, 0.4) is 0 Å². The van der Waals surface area contributed by atoms with E-state index in [0.717, 1.165) is 34.1 Å². The van der Waals surface area contributed by atoms with E-state index >= 15 is 0 Å². The number of anilines is 1. The molecule has 0 saturated heterocycles. The standard InChI is InChI=1S/C16H20N2OS/c1-5-18-11(2)9-15(12(18)3)16(19)17-13-7-6-8-14(10-13)20-4/h6-10H,5H2,1-4H3,(H,17,19). The lowest BCUT2D eigenvalue weighted by Crippen LogP contribution is -2.13. The zero-order valence-electron chi connectivity index (χ0n) is 12.4. The van der Waals surface area contributed by atoms with E-state index in [1.807, 2.05) is 50.4 Å². The topological polar surface area (TPSA) is 34.0 Å². The number of carbonyl (C=O) groups excluding carboxylic acids is 1. The van der Waals surface area contributed by atoms with Gasteiger partial charge in [0.1, 0.15) is 0 Å². The van der Waals surface area contributed by atoms with Crippen molar-refractivity contribution in [2.24, 2.45) is 0 Å². The van der Waals surface area contributed by atoms with Crippen molar-refractivity contribution in [3.05, 3.63) is 47.3 Å². The van der Waals surface area contributed by atoms with Gasteiger partial charge in [0.25, 0.3) is 5.91 Å². The highest BCUT2D eigenvalue weighted by molar-refractivity contribution is 7.98. The molecule has 0 radical (unpaired) electrons. The van der Waals surface area contributed by atoms with Crippen LogP contribution in [-0.4, -0.2) is 16.7 Å². The zero-order valence-corrected chi connectivity index (χ0v) is 13.2. The maximum atomic E-state index is 12.4. The van der Waals surface area contributed by atoms with Gasteiger partial charge in [-0.3, -0.25) is 4.79 Å². The van der Waals surface area contributed by atoms with Crippen molar-refractivity contribution in [3.8, 4) is 0 Å². The van der Waals surface area contributed by atoms with Crippen LogP contribution in [0.4, 0.5) is 5.69 Å². The Morgan fingerprint density at radius 3 is 2.65 bits per heavy atom. The summed E-state index contributed by atoms with van der Waals surface area (Å²) in [4.78, 5) is 13.5. The molecule has 0 fully saturated rings. The first-order valence-corrected chi connectivity index (χ1v) is 7.91. The second-order valence-corrected chi connectivity index (χ2v) is 5.59. The molecule has 0 atom stereocenters. The lowest BCUT2D eigenvalue weighted by molar-refractivity contribution is 0.102. The van der Waals surface area contributed by atoms with Gasteiger partial charge < -0.3 is 9.88 Å². The number of thioether (sulfide) groups is 1. The molecule has 1 N–H and O–H groups in total. The molecular formula is C16H20N2OS. The minimum atomic E-state index is -0.0453. The lowest BCUT2D eigenvalue weighted by Gasteiger charge is -2.08. The first-order valence-electron chi connectivity index (χ1n) is 6.69. The molecule has 1 amide bonds. The number of hydrogen-bond acceptors (Lipinski definition) is 2. The molecule has 0 aliphatic rings. The molecule has 0 aliphatic carbocycles. The second-order valence-electron chi connectivity index (χ2n) is 4.72. The second kappa shape index (κ2) is 6.18. The van der Waals surface area contributed by atoms with Crippen LogP contribution in [0, 0.1) is 13.8 Å². The van der Waals surface area contributed by atoms with Gasteiger partial charge in [-0.05, 0) is 51.3 Å². The quantitative estimate of drug-likeness (QED) is 0.859.